The maximum absolute atomic E-state index is 4.47. The number of allylic oxidation sites excluding steroid dienone is 4. The smallest absolute Gasteiger partial charge is 0.0458 e. The molecule has 0 spiro atoms. The summed E-state index contributed by atoms with van der Waals surface area (Å²) in [7, 11) is 0. The van der Waals surface area contributed by atoms with E-state index in [9.17, 15) is 0 Å². The summed E-state index contributed by atoms with van der Waals surface area (Å²) >= 11 is 3.59. The minimum atomic E-state index is 0.783. The molecule has 2 heteroatoms. The first-order valence-corrected chi connectivity index (χ1v) is 13.3. The number of anilines is 2. The largest absolute Gasteiger partial charge is 0.313 e. The quantitative estimate of drug-likeness (QED) is 0.238. The van der Waals surface area contributed by atoms with Crippen LogP contribution in [0.15, 0.2) is 146 Å². The van der Waals surface area contributed by atoms with Gasteiger partial charge in [0.2, 0.25) is 0 Å². The Kier molecular flexibility index (Phi) is 7.44. The van der Waals surface area contributed by atoms with Crippen molar-refractivity contribution in [2.24, 2.45) is 0 Å². The van der Waals surface area contributed by atoms with Gasteiger partial charge in [0.05, 0.1) is 0 Å². The molecule has 36 heavy (non-hydrogen) atoms. The van der Waals surface area contributed by atoms with Crippen molar-refractivity contribution in [2.45, 2.75) is 11.8 Å². The molecule has 5 rings (SSSR count). The number of benzene rings is 4. The predicted molar refractivity (Wildman–Crippen MR) is 158 cm³/mol. The maximum Gasteiger partial charge on any atom is 0.0458 e. The van der Waals surface area contributed by atoms with Gasteiger partial charge in [-0.2, -0.15) is 0 Å². The van der Waals surface area contributed by atoms with E-state index in [0.717, 1.165) is 39.8 Å². The lowest BCUT2D eigenvalue weighted by atomic mass is 9.94. The fourth-order valence-corrected chi connectivity index (χ4v) is 5.05. The van der Waals surface area contributed by atoms with Crippen LogP contribution in [0.4, 0.5) is 11.4 Å². The summed E-state index contributed by atoms with van der Waals surface area (Å²) in [5, 5.41) is 3.22. The molecule has 0 N–H and O–H groups in total. The van der Waals surface area contributed by atoms with Gasteiger partial charge in [-0.15, -0.1) is 0 Å². The topological polar surface area (TPSA) is 3.24 Å². The zero-order chi connectivity index (χ0) is 24.7. The molecule has 4 aromatic carbocycles. The molecule has 0 unspecified atom stereocenters. The van der Waals surface area contributed by atoms with Gasteiger partial charge in [0.1, 0.15) is 0 Å². The molecule has 0 saturated heterocycles. The van der Waals surface area contributed by atoms with Crippen LogP contribution in [0.3, 0.4) is 0 Å². The number of rotatable bonds is 5. The fourth-order valence-electron chi connectivity index (χ4n) is 4.68. The normalized spacial score (nSPS) is 16.7. The first-order chi connectivity index (χ1) is 17.8. The molecule has 4 aromatic rings. The molecular formula is C34H28BrN. The summed E-state index contributed by atoms with van der Waals surface area (Å²) in [5.74, 6) is 0. The van der Waals surface area contributed by atoms with E-state index >= 15 is 0 Å². The first kappa shape index (κ1) is 23.8. The zero-order valence-corrected chi connectivity index (χ0v) is 21.7. The van der Waals surface area contributed by atoms with Gasteiger partial charge in [0.15, 0.2) is 0 Å². The summed E-state index contributed by atoms with van der Waals surface area (Å²) in [5.41, 5.74) is 8.05. The molecule has 0 radical (unpaired) electrons. The van der Waals surface area contributed by atoms with Crippen molar-refractivity contribution >= 4 is 38.6 Å². The summed E-state index contributed by atoms with van der Waals surface area (Å²) in [6.45, 7) is 4.47. The van der Waals surface area contributed by atoms with Gasteiger partial charge in [0, 0.05) is 34.0 Å². The molecule has 0 saturated carbocycles. The standard InChI is InChI=1S/C34H28BrN/c1-26-13-5-2-10-20-33(31-18-11-12-19-32(31)34(26)28-14-6-3-7-15-28)36(29-16-8-4-9-17-29)30-23-21-27(25-35)22-24-30/h2-19,21-24H,1,20,25H2/b10-2-,13-5-,33-31+,34-32?. The summed E-state index contributed by atoms with van der Waals surface area (Å²) in [6.07, 6.45) is 9.33. The van der Waals surface area contributed by atoms with Crippen molar-refractivity contribution in [2.75, 3.05) is 4.90 Å². The van der Waals surface area contributed by atoms with Crippen molar-refractivity contribution in [3.05, 3.63) is 167 Å². The van der Waals surface area contributed by atoms with Crippen LogP contribution in [0.2, 0.25) is 0 Å². The predicted octanol–water partition coefficient (Wildman–Crippen LogP) is 7.80. The summed E-state index contributed by atoms with van der Waals surface area (Å²) < 4.78 is 0. The van der Waals surface area contributed by atoms with E-state index in [-0.39, 0.29) is 0 Å². The average molecular weight is 531 g/mol. The molecule has 1 nitrogen and oxygen atoms in total. The SMILES string of the molecule is C=C1/C=C\C=C/C/C(N(c2ccccc2)c2ccc(CBr)cc2)=c2/ccccc2=C1c1ccccc1. The van der Waals surface area contributed by atoms with Gasteiger partial charge >= 0.3 is 0 Å². The lowest BCUT2D eigenvalue weighted by Crippen LogP contribution is -2.34. The van der Waals surface area contributed by atoms with E-state index in [1.54, 1.807) is 0 Å². The van der Waals surface area contributed by atoms with Gasteiger partial charge in [-0.1, -0.05) is 132 Å². The van der Waals surface area contributed by atoms with Gasteiger partial charge in [-0.25, -0.2) is 0 Å². The third kappa shape index (κ3) is 5.05. The van der Waals surface area contributed by atoms with Crippen LogP contribution in [-0.2, 0) is 5.33 Å². The van der Waals surface area contributed by atoms with Crippen LogP contribution < -0.4 is 15.3 Å². The van der Waals surface area contributed by atoms with Crippen LogP contribution in [0.5, 0.6) is 0 Å². The van der Waals surface area contributed by atoms with Gasteiger partial charge in [-0.3, -0.25) is 0 Å². The van der Waals surface area contributed by atoms with Crippen molar-refractivity contribution in [1.29, 1.82) is 0 Å². The van der Waals surface area contributed by atoms with E-state index in [2.05, 4.69) is 161 Å². The van der Waals surface area contributed by atoms with Gasteiger partial charge in [0.25, 0.3) is 0 Å². The minimum Gasteiger partial charge on any atom is -0.313 e. The summed E-state index contributed by atoms with van der Waals surface area (Å²) in [6, 6.07) is 38.7. The number of nitrogens with zero attached hydrogens (tertiary/aromatic N) is 1. The summed E-state index contributed by atoms with van der Waals surface area (Å²) in [4.78, 5) is 2.39. The Morgan fingerprint density at radius 1 is 0.667 bits per heavy atom. The number of para-hydroxylation sites is 1. The second-order valence-electron chi connectivity index (χ2n) is 8.72. The monoisotopic (exact) mass is 529 g/mol. The molecule has 1 aliphatic rings. The fraction of sp³-hybridized carbons (Fsp3) is 0.0588. The van der Waals surface area contributed by atoms with E-state index in [0.29, 0.717) is 0 Å². The van der Waals surface area contributed by atoms with E-state index in [4.69, 9.17) is 0 Å². The number of alkyl halides is 1. The Hall–Kier alpha value is -3.88. The van der Waals surface area contributed by atoms with Gasteiger partial charge < -0.3 is 4.90 Å². The lowest BCUT2D eigenvalue weighted by molar-refractivity contribution is 1.18. The molecule has 0 aromatic heterocycles. The Morgan fingerprint density at radius 3 is 1.97 bits per heavy atom. The second kappa shape index (κ2) is 11.2. The van der Waals surface area contributed by atoms with Crippen LogP contribution in [0.1, 0.15) is 17.5 Å². The van der Waals surface area contributed by atoms with Crippen molar-refractivity contribution in [3.63, 3.8) is 0 Å². The molecule has 0 bridgehead atoms. The maximum atomic E-state index is 4.47. The Balaban J connectivity index is 1.90. The Morgan fingerprint density at radius 2 is 1.28 bits per heavy atom. The molecule has 0 fully saturated rings. The zero-order valence-electron chi connectivity index (χ0n) is 20.1. The van der Waals surface area contributed by atoms with E-state index in [1.807, 2.05) is 0 Å². The number of fused-ring (bicyclic) bond motifs is 1. The molecule has 0 atom stereocenters. The third-order valence-electron chi connectivity index (χ3n) is 6.38. The Bertz CT molecular complexity index is 1530. The highest BCUT2D eigenvalue weighted by molar-refractivity contribution is 9.08. The van der Waals surface area contributed by atoms with Crippen LogP contribution >= 0.6 is 15.9 Å². The number of hydrogen-bond acceptors (Lipinski definition) is 1. The first-order valence-electron chi connectivity index (χ1n) is 12.2. The van der Waals surface area contributed by atoms with Crippen LogP contribution in [-0.4, -0.2) is 0 Å². The molecule has 176 valence electrons. The van der Waals surface area contributed by atoms with E-state index in [1.165, 1.54) is 21.7 Å². The highest BCUT2D eigenvalue weighted by atomic mass is 79.9. The molecule has 0 amide bonds. The molecule has 0 heterocycles. The van der Waals surface area contributed by atoms with Crippen LogP contribution in [0.25, 0.3) is 11.3 Å². The Labute approximate surface area is 221 Å². The molecule has 1 aliphatic carbocycles. The van der Waals surface area contributed by atoms with Crippen molar-refractivity contribution < 1.29 is 0 Å². The lowest BCUT2D eigenvalue weighted by Gasteiger charge is -2.28. The van der Waals surface area contributed by atoms with E-state index < -0.39 is 0 Å². The third-order valence-corrected chi connectivity index (χ3v) is 7.03. The molecule has 0 aliphatic heterocycles. The van der Waals surface area contributed by atoms with Crippen molar-refractivity contribution in [1.82, 2.24) is 0 Å². The number of hydrogen-bond donors (Lipinski definition) is 0. The minimum absolute atomic E-state index is 0.783. The second-order valence-corrected chi connectivity index (χ2v) is 9.28. The number of halogens is 1. The highest BCUT2D eigenvalue weighted by Gasteiger charge is 2.17. The highest BCUT2D eigenvalue weighted by Crippen LogP contribution is 2.32. The van der Waals surface area contributed by atoms with Crippen molar-refractivity contribution in [3.8, 4) is 0 Å². The molecular weight excluding hydrogens is 502 g/mol. The van der Waals surface area contributed by atoms with Crippen LogP contribution in [0, 0.1) is 0 Å². The average Bonchev–Trinajstić information content (AvgIpc) is 2.94. The van der Waals surface area contributed by atoms with Gasteiger partial charge in [-0.05, 0) is 51.8 Å².